The second-order valence-corrected chi connectivity index (χ2v) is 7.92. The smallest absolute Gasteiger partial charge is 0.247 e. The van der Waals surface area contributed by atoms with Gasteiger partial charge in [-0.3, -0.25) is 4.79 Å². The Labute approximate surface area is 173 Å². The fourth-order valence-electron chi connectivity index (χ4n) is 3.42. The third-order valence-electron chi connectivity index (χ3n) is 4.74. The molecule has 1 aliphatic heterocycles. The van der Waals surface area contributed by atoms with Crippen molar-refractivity contribution in [2.75, 3.05) is 11.9 Å². The molecule has 0 bridgehead atoms. The van der Waals surface area contributed by atoms with Gasteiger partial charge in [0.05, 0.1) is 18.0 Å². The Kier molecular flexibility index (Phi) is 5.71. The average molecular weight is 410 g/mol. The van der Waals surface area contributed by atoms with Crippen molar-refractivity contribution in [3.8, 4) is 0 Å². The molecule has 1 amide bonds. The van der Waals surface area contributed by atoms with E-state index >= 15 is 0 Å². The minimum Gasteiger partial charge on any atom is -0.465 e. The minimum atomic E-state index is -0.143. The maximum Gasteiger partial charge on any atom is 0.247 e. The van der Waals surface area contributed by atoms with E-state index in [9.17, 15) is 4.79 Å². The molecule has 4 heterocycles. The van der Waals surface area contributed by atoms with Gasteiger partial charge in [-0.25, -0.2) is 15.0 Å². The number of hydrogen-bond acceptors (Lipinski definition) is 7. The molecular weight excluding hydrogens is 386 g/mol. The number of nitrogens with zero attached hydrogens (tertiary/aromatic N) is 4. The molecule has 1 saturated heterocycles. The molecule has 0 saturated carbocycles. The van der Waals surface area contributed by atoms with E-state index in [4.69, 9.17) is 9.40 Å². The van der Waals surface area contributed by atoms with Crippen LogP contribution in [0.1, 0.15) is 48.3 Å². The first-order valence-electron chi connectivity index (χ1n) is 9.65. The van der Waals surface area contributed by atoms with Gasteiger partial charge in [0.25, 0.3) is 0 Å². The number of hydrogen-bond donors (Lipinski definition) is 1. The highest BCUT2D eigenvalue weighted by Gasteiger charge is 2.29. The number of carbonyl (C=O) groups excluding carboxylic acids is 1. The number of amides is 1. The highest BCUT2D eigenvalue weighted by Crippen LogP contribution is 2.30. The molecule has 7 nitrogen and oxygen atoms in total. The maximum absolute atomic E-state index is 12.9. The number of carbonyl (C=O) groups is 1. The van der Waals surface area contributed by atoms with Crippen molar-refractivity contribution in [2.24, 2.45) is 0 Å². The van der Waals surface area contributed by atoms with E-state index in [-0.39, 0.29) is 11.9 Å². The Morgan fingerprint density at radius 2 is 2.17 bits per heavy atom. The fourth-order valence-corrected chi connectivity index (χ4v) is 4.12. The zero-order valence-corrected chi connectivity index (χ0v) is 17.3. The Morgan fingerprint density at radius 1 is 1.28 bits per heavy atom. The quantitative estimate of drug-likeness (QED) is 0.617. The Hall–Kier alpha value is -3.00. The Bertz CT molecular complexity index is 1010. The molecule has 8 heteroatoms. The molecule has 1 fully saturated rings. The monoisotopic (exact) mass is 409 g/mol. The topological polar surface area (TPSA) is 84.2 Å². The van der Waals surface area contributed by atoms with E-state index in [0.717, 1.165) is 35.8 Å². The lowest BCUT2D eigenvalue weighted by atomic mass is 10.0. The second-order valence-electron chi connectivity index (χ2n) is 7.06. The van der Waals surface area contributed by atoms with E-state index in [0.29, 0.717) is 23.9 Å². The lowest BCUT2D eigenvalue weighted by molar-refractivity contribution is -0.129. The first kappa shape index (κ1) is 19.3. The third kappa shape index (κ3) is 4.71. The van der Waals surface area contributed by atoms with Gasteiger partial charge in [-0.2, -0.15) is 0 Å². The SMILES string of the molecule is Cc1cc(Nc2nc(C)cs2)nc(C2CCCCN2C(=O)/C=C/c2ccco2)n1. The van der Waals surface area contributed by atoms with Crippen molar-refractivity contribution < 1.29 is 9.21 Å². The van der Waals surface area contributed by atoms with Crippen LogP contribution in [0.4, 0.5) is 10.9 Å². The van der Waals surface area contributed by atoms with Crippen LogP contribution in [-0.2, 0) is 4.79 Å². The van der Waals surface area contributed by atoms with Crippen molar-refractivity contribution in [3.05, 3.63) is 58.9 Å². The van der Waals surface area contributed by atoms with Crippen LogP contribution in [0.15, 0.2) is 40.3 Å². The number of anilines is 2. The number of nitrogens with one attached hydrogen (secondary N) is 1. The van der Waals surface area contributed by atoms with Crippen molar-refractivity contribution >= 4 is 34.3 Å². The molecule has 1 unspecified atom stereocenters. The average Bonchev–Trinajstić information content (AvgIpc) is 3.37. The number of furan rings is 1. The summed E-state index contributed by atoms with van der Waals surface area (Å²) in [4.78, 5) is 28.5. The predicted molar refractivity (Wildman–Crippen MR) is 113 cm³/mol. The molecule has 0 spiro atoms. The summed E-state index contributed by atoms with van der Waals surface area (Å²) in [5, 5.41) is 6.05. The van der Waals surface area contributed by atoms with Gasteiger partial charge in [0.2, 0.25) is 5.91 Å². The van der Waals surface area contributed by atoms with Crippen LogP contribution in [-0.4, -0.2) is 32.3 Å². The minimum absolute atomic E-state index is 0.0544. The van der Waals surface area contributed by atoms with Gasteiger partial charge in [-0.05, 0) is 51.3 Å². The highest BCUT2D eigenvalue weighted by atomic mass is 32.1. The number of piperidine rings is 1. The van der Waals surface area contributed by atoms with E-state index in [1.54, 1.807) is 24.5 Å². The molecule has 4 rings (SSSR count). The van der Waals surface area contributed by atoms with Gasteiger partial charge in [-0.15, -0.1) is 11.3 Å². The molecule has 3 aromatic heterocycles. The molecule has 0 aliphatic carbocycles. The van der Waals surface area contributed by atoms with Crippen LogP contribution in [0.3, 0.4) is 0 Å². The van der Waals surface area contributed by atoms with Gasteiger partial charge in [0, 0.05) is 29.8 Å². The Morgan fingerprint density at radius 3 is 2.93 bits per heavy atom. The molecule has 0 radical (unpaired) electrons. The van der Waals surface area contributed by atoms with Crippen LogP contribution in [0, 0.1) is 13.8 Å². The van der Waals surface area contributed by atoms with Gasteiger partial charge >= 0.3 is 0 Å². The van der Waals surface area contributed by atoms with E-state index < -0.39 is 0 Å². The van der Waals surface area contributed by atoms with E-state index in [1.165, 1.54) is 11.3 Å². The predicted octanol–water partition coefficient (Wildman–Crippen LogP) is 4.65. The zero-order chi connectivity index (χ0) is 20.2. The molecule has 0 aromatic carbocycles. The molecule has 1 N–H and O–H groups in total. The molecule has 1 atom stereocenters. The number of rotatable bonds is 5. The largest absolute Gasteiger partial charge is 0.465 e. The van der Waals surface area contributed by atoms with Crippen LogP contribution in [0.5, 0.6) is 0 Å². The van der Waals surface area contributed by atoms with E-state index in [1.807, 2.05) is 36.3 Å². The summed E-state index contributed by atoms with van der Waals surface area (Å²) in [5.74, 6) is 1.97. The summed E-state index contributed by atoms with van der Waals surface area (Å²) in [6.45, 7) is 4.59. The number of likely N-dealkylation sites (tertiary alicyclic amines) is 1. The maximum atomic E-state index is 12.9. The van der Waals surface area contributed by atoms with Gasteiger partial charge in [-0.1, -0.05) is 0 Å². The highest BCUT2D eigenvalue weighted by molar-refractivity contribution is 7.13. The summed E-state index contributed by atoms with van der Waals surface area (Å²) in [7, 11) is 0. The molecule has 3 aromatic rings. The zero-order valence-electron chi connectivity index (χ0n) is 16.5. The number of aryl methyl sites for hydroxylation is 2. The number of thiazole rings is 1. The van der Waals surface area contributed by atoms with Crippen molar-refractivity contribution in [2.45, 2.75) is 39.2 Å². The summed E-state index contributed by atoms with van der Waals surface area (Å²) in [6, 6.07) is 5.37. The van der Waals surface area contributed by atoms with Gasteiger partial charge < -0.3 is 14.6 Å². The number of aromatic nitrogens is 3. The van der Waals surface area contributed by atoms with Gasteiger partial charge in [0.15, 0.2) is 11.0 Å². The first-order valence-corrected chi connectivity index (χ1v) is 10.5. The van der Waals surface area contributed by atoms with Crippen LogP contribution >= 0.6 is 11.3 Å². The van der Waals surface area contributed by atoms with E-state index in [2.05, 4.69) is 15.3 Å². The van der Waals surface area contributed by atoms with Crippen molar-refractivity contribution in [3.63, 3.8) is 0 Å². The van der Waals surface area contributed by atoms with Crippen LogP contribution in [0.2, 0.25) is 0 Å². The van der Waals surface area contributed by atoms with Crippen molar-refractivity contribution in [1.82, 2.24) is 19.9 Å². The summed E-state index contributed by atoms with van der Waals surface area (Å²) in [5.41, 5.74) is 1.82. The van der Waals surface area contributed by atoms with Crippen molar-refractivity contribution in [1.29, 1.82) is 0 Å². The summed E-state index contributed by atoms with van der Waals surface area (Å²) in [6.07, 6.45) is 7.72. The molecule has 1 aliphatic rings. The molecule has 150 valence electrons. The standard InChI is InChI=1S/C21H23N5O2S/c1-14-12-18(25-21-23-15(2)13-29-21)24-20(22-14)17-7-3-4-10-26(17)19(27)9-8-16-6-5-11-28-16/h5-6,8-9,11-13,17H,3-4,7,10H2,1-2H3,(H,22,23,24,25)/b9-8+. The fraction of sp³-hybridized carbons (Fsp3) is 0.333. The summed E-state index contributed by atoms with van der Waals surface area (Å²) < 4.78 is 5.28. The lowest BCUT2D eigenvalue weighted by Gasteiger charge is -2.34. The molecule has 29 heavy (non-hydrogen) atoms. The normalized spacial score (nSPS) is 17.0. The van der Waals surface area contributed by atoms with Crippen LogP contribution in [0.25, 0.3) is 6.08 Å². The third-order valence-corrected chi connectivity index (χ3v) is 5.62. The van der Waals surface area contributed by atoms with Gasteiger partial charge in [0.1, 0.15) is 11.6 Å². The lowest BCUT2D eigenvalue weighted by Crippen LogP contribution is -2.38. The summed E-state index contributed by atoms with van der Waals surface area (Å²) >= 11 is 1.54. The Balaban J connectivity index is 1.56. The first-order chi connectivity index (χ1) is 14.1. The van der Waals surface area contributed by atoms with Crippen LogP contribution < -0.4 is 5.32 Å². The second kappa shape index (κ2) is 8.57. The molecular formula is C21H23N5O2S.